The van der Waals surface area contributed by atoms with Crippen molar-refractivity contribution < 1.29 is 13.2 Å². The molecule has 4 nitrogen and oxygen atoms in total. The van der Waals surface area contributed by atoms with Gasteiger partial charge in [-0.2, -0.15) is 0 Å². The number of nitrogens with one attached hydrogen (secondary N) is 1. The Balaban J connectivity index is 2.02. The van der Waals surface area contributed by atoms with E-state index in [0.29, 0.717) is 5.92 Å². The number of carbonyl (C=O) groups is 1. The van der Waals surface area contributed by atoms with Crippen molar-refractivity contribution in [1.82, 2.24) is 5.32 Å². The standard InChI is InChI=1S/C17H25NO3S/c1-13(22(2,20)21)17(19)18-16-11-7-6-10-15(16)12-14-8-4-3-5-9-14/h3-5,8-9,13,15-16H,6-7,10-12H2,1-2H3,(H,18,19)/t13-,15+,16+/m1/s1. The molecule has 1 aliphatic carbocycles. The first-order valence-corrected chi connectivity index (χ1v) is 9.86. The maximum atomic E-state index is 12.2. The zero-order valence-corrected chi connectivity index (χ0v) is 14.1. The van der Waals surface area contributed by atoms with E-state index < -0.39 is 15.1 Å². The van der Waals surface area contributed by atoms with Gasteiger partial charge in [0.1, 0.15) is 5.25 Å². The molecule has 122 valence electrons. The molecule has 0 aliphatic heterocycles. The van der Waals surface area contributed by atoms with Crippen LogP contribution >= 0.6 is 0 Å². The molecule has 1 aromatic rings. The van der Waals surface area contributed by atoms with Gasteiger partial charge >= 0.3 is 0 Å². The quantitative estimate of drug-likeness (QED) is 0.904. The lowest BCUT2D eigenvalue weighted by molar-refractivity contribution is -0.121. The molecule has 1 fully saturated rings. The van der Waals surface area contributed by atoms with Crippen LogP contribution in [0.3, 0.4) is 0 Å². The molecule has 5 heteroatoms. The molecule has 1 saturated carbocycles. The van der Waals surface area contributed by atoms with Gasteiger partial charge in [0.2, 0.25) is 5.91 Å². The van der Waals surface area contributed by atoms with Crippen molar-refractivity contribution >= 4 is 15.7 Å². The second-order valence-electron chi connectivity index (χ2n) is 6.32. The van der Waals surface area contributed by atoms with Crippen LogP contribution in [0.15, 0.2) is 30.3 Å². The summed E-state index contributed by atoms with van der Waals surface area (Å²) in [5, 5.41) is 2.00. The van der Waals surface area contributed by atoms with Gasteiger partial charge < -0.3 is 5.32 Å². The fourth-order valence-corrected chi connectivity index (χ4v) is 3.51. The monoisotopic (exact) mass is 323 g/mol. The second-order valence-corrected chi connectivity index (χ2v) is 8.69. The molecule has 3 atom stereocenters. The zero-order chi connectivity index (χ0) is 16.2. The summed E-state index contributed by atoms with van der Waals surface area (Å²) in [7, 11) is -3.34. The fourth-order valence-electron chi connectivity index (χ4n) is 3.05. The van der Waals surface area contributed by atoms with E-state index in [-0.39, 0.29) is 11.9 Å². The van der Waals surface area contributed by atoms with Gasteiger partial charge in [-0.05, 0) is 37.7 Å². The largest absolute Gasteiger partial charge is 0.352 e. The van der Waals surface area contributed by atoms with E-state index in [1.807, 2.05) is 18.2 Å². The van der Waals surface area contributed by atoms with Crippen molar-refractivity contribution in [3.05, 3.63) is 35.9 Å². The second kappa shape index (κ2) is 7.27. The number of carbonyl (C=O) groups excluding carboxylic acids is 1. The molecule has 1 N–H and O–H groups in total. The topological polar surface area (TPSA) is 63.2 Å². The number of hydrogen-bond donors (Lipinski definition) is 1. The molecule has 0 radical (unpaired) electrons. The van der Waals surface area contributed by atoms with Gasteiger partial charge in [0.25, 0.3) is 0 Å². The zero-order valence-electron chi connectivity index (χ0n) is 13.3. The molecule has 0 saturated heterocycles. The molecule has 2 rings (SSSR count). The summed E-state index contributed by atoms with van der Waals surface area (Å²) in [6.07, 6.45) is 6.31. The van der Waals surface area contributed by atoms with Crippen LogP contribution in [0.4, 0.5) is 0 Å². The molecule has 0 heterocycles. The Kier molecular flexibility index (Phi) is 5.62. The Bertz CT molecular complexity index is 598. The summed E-state index contributed by atoms with van der Waals surface area (Å²) in [4.78, 5) is 12.2. The Labute approximate surface area is 133 Å². The fraction of sp³-hybridized carbons (Fsp3) is 0.588. The molecule has 0 spiro atoms. The van der Waals surface area contributed by atoms with Gasteiger partial charge in [0.15, 0.2) is 9.84 Å². The maximum Gasteiger partial charge on any atom is 0.238 e. The molecular weight excluding hydrogens is 298 g/mol. The highest BCUT2D eigenvalue weighted by Gasteiger charge is 2.30. The van der Waals surface area contributed by atoms with Crippen molar-refractivity contribution in [2.24, 2.45) is 5.92 Å². The first-order valence-electron chi connectivity index (χ1n) is 7.91. The molecular formula is C17H25NO3S. The normalized spacial score (nSPS) is 23.7. The number of rotatable bonds is 5. The summed E-state index contributed by atoms with van der Waals surface area (Å²) in [6, 6.07) is 10.3. The maximum absolute atomic E-state index is 12.2. The van der Waals surface area contributed by atoms with E-state index >= 15 is 0 Å². The first kappa shape index (κ1) is 17.0. The van der Waals surface area contributed by atoms with Crippen LogP contribution in [0.5, 0.6) is 0 Å². The van der Waals surface area contributed by atoms with Crippen LogP contribution in [0, 0.1) is 5.92 Å². The Morgan fingerprint density at radius 3 is 2.50 bits per heavy atom. The first-order chi connectivity index (χ1) is 10.4. The SMILES string of the molecule is C[C@H](C(=O)N[C@H]1CCCC[C@H]1Cc1ccccc1)S(C)(=O)=O. The third-order valence-corrected chi connectivity index (χ3v) is 6.09. The summed E-state index contributed by atoms with van der Waals surface area (Å²) in [6.45, 7) is 1.46. The average Bonchev–Trinajstić information content (AvgIpc) is 2.48. The molecule has 22 heavy (non-hydrogen) atoms. The predicted molar refractivity (Wildman–Crippen MR) is 88.3 cm³/mol. The third-order valence-electron chi connectivity index (χ3n) is 4.59. The minimum atomic E-state index is -3.34. The molecule has 1 aromatic carbocycles. The lowest BCUT2D eigenvalue weighted by atomic mass is 9.80. The van der Waals surface area contributed by atoms with Gasteiger partial charge in [-0.25, -0.2) is 8.42 Å². The summed E-state index contributed by atoms with van der Waals surface area (Å²) >= 11 is 0. The van der Waals surface area contributed by atoms with Crippen LogP contribution in [-0.4, -0.2) is 31.9 Å². The highest BCUT2D eigenvalue weighted by Crippen LogP contribution is 2.27. The highest BCUT2D eigenvalue weighted by atomic mass is 32.2. The van der Waals surface area contributed by atoms with Crippen LogP contribution in [0.2, 0.25) is 0 Å². The van der Waals surface area contributed by atoms with Gasteiger partial charge in [0.05, 0.1) is 0 Å². The molecule has 0 aromatic heterocycles. The minimum absolute atomic E-state index is 0.0747. The van der Waals surface area contributed by atoms with E-state index in [1.54, 1.807) is 0 Å². The van der Waals surface area contributed by atoms with E-state index in [9.17, 15) is 13.2 Å². The van der Waals surface area contributed by atoms with E-state index in [2.05, 4.69) is 17.4 Å². The van der Waals surface area contributed by atoms with Crippen molar-refractivity contribution in [2.45, 2.75) is 50.3 Å². The van der Waals surface area contributed by atoms with Gasteiger partial charge in [-0.1, -0.05) is 43.2 Å². The highest BCUT2D eigenvalue weighted by molar-refractivity contribution is 7.92. The summed E-state index contributed by atoms with van der Waals surface area (Å²) < 4.78 is 23.1. The van der Waals surface area contributed by atoms with Gasteiger partial charge in [-0.15, -0.1) is 0 Å². The van der Waals surface area contributed by atoms with Crippen molar-refractivity contribution in [3.63, 3.8) is 0 Å². The lowest BCUT2D eigenvalue weighted by Gasteiger charge is -2.33. The van der Waals surface area contributed by atoms with Crippen LogP contribution in [-0.2, 0) is 21.1 Å². The lowest BCUT2D eigenvalue weighted by Crippen LogP contribution is -2.47. The Hall–Kier alpha value is -1.36. The van der Waals surface area contributed by atoms with Crippen LogP contribution in [0.25, 0.3) is 0 Å². The molecule has 0 unspecified atom stereocenters. The van der Waals surface area contributed by atoms with E-state index in [4.69, 9.17) is 0 Å². The summed E-state index contributed by atoms with van der Waals surface area (Å²) in [5.41, 5.74) is 1.27. The number of benzene rings is 1. The predicted octanol–water partition coefficient (Wildman–Crippen LogP) is 2.34. The van der Waals surface area contributed by atoms with E-state index in [0.717, 1.165) is 31.9 Å². The van der Waals surface area contributed by atoms with Crippen molar-refractivity contribution in [2.75, 3.05) is 6.26 Å². The average molecular weight is 323 g/mol. The van der Waals surface area contributed by atoms with Crippen LogP contribution < -0.4 is 5.32 Å². The van der Waals surface area contributed by atoms with Crippen LogP contribution in [0.1, 0.15) is 38.2 Å². The van der Waals surface area contributed by atoms with Gasteiger partial charge in [-0.3, -0.25) is 4.79 Å². The Morgan fingerprint density at radius 2 is 1.86 bits per heavy atom. The summed E-state index contributed by atoms with van der Waals surface area (Å²) in [5.74, 6) is 0.0133. The van der Waals surface area contributed by atoms with E-state index in [1.165, 1.54) is 18.9 Å². The van der Waals surface area contributed by atoms with Gasteiger partial charge in [0, 0.05) is 12.3 Å². The Morgan fingerprint density at radius 1 is 1.23 bits per heavy atom. The third kappa shape index (κ3) is 4.57. The van der Waals surface area contributed by atoms with Crippen molar-refractivity contribution in [1.29, 1.82) is 0 Å². The molecule has 1 aliphatic rings. The number of sulfone groups is 1. The molecule has 1 amide bonds. The number of amides is 1. The smallest absolute Gasteiger partial charge is 0.238 e. The minimum Gasteiger partial charge on any atom is -0.352 e. The number of hydrogen-bond acceptors (Lipinski definition) is 3. The molecule has 0 bridgehead atoms. The van der Waals surface area contributed by atoms with Crippen molar-refractivity contribution in [3.8, 4) is 0 Å².